The van der Waals surface area contributed by atoms with Gasteiger partial charge in [-0.05, 0) is 61.7 Å². The second-order valence-electron chi connectivity index (χ2n) is 13.1. The molecule has 8 rings (SSSR count). The fraction of sp³-hybridized carbons (Fsp3) is 0.441. The number of anilines is 1. The number of hydrogen-bond acceptors (Lipinski definition) is 8. The first kappa shape index (κ1) is 28.3. The molecule has 2 N–H and O–H groups in total. The predicted molar refractivity (Wildman–Crippen MR) is 163 cm³/mol. The lowest BCUT2D eigenvalue weighted by Crippen LogP contribution is -2.43. The molecule has 2 aromatic carbocycles. The fourth-order valence-corrected chi connectivity index (χ4v) is 8.32. The van der Waals surface area contributed by atoms with Gasteiger partial charge in [0.2, 0.25) is 0 Å². The number of fused-ring (bicyclic) bond motifs is 5. The molecule has 1 aliphatic carbocycles. The average molecular weight is 616 g/mol. The molecule has 3 saturated heterocycles. The molecule has 8 nitrogen and oxygen atoms in total. The number of phenols is 1. The zero-order chi connectivity index (χ0) is 31.0. The van der Waals surface area contributed by atoms with E-state index in [0.717, 1.165) is 25.8 Å². The van der Waals surface area contributed by atoms with Crippen LogP contribution in [0.15, 0.2) is 30.5 Å². The van der Waals surface area contributed by atoms with Gasteiger partial charge in [0, 0.05) is 49.1 Å². The maximum atomic E-state index is 16.8. The van der Waals surface area contributed by atoms with E-state index in [1.807, 2.05) is 4.90 Å². The molecular formula is C34H32F3N5O3. The highest BCUT2D eigenvalue weighted by Crippen LogP contribution is 2.43. The number of nitrogens with zero attached hydrogens (tertiary/aromatic N) is 5. The van der Waals surface area contributed by atoms with Gasteiger partial charge in [0.15, 0.2) is 5.82 Å². The number of phenolic OH excluding ortho intramolecular Hbond substituents is 1. The Morgan fingerprint density at radius 3 is 2.82 bits per heavy atom. The first-order chi connectivity index (χ1) is 21.7. The maximum Gasteiger partial charge on any atom is 0.319 e. The molecule has 2 bridgehead atoms. The molecule has 0 amide bonds. The van der Waals surface area contributed by atoms with Gasteiger partial charge in [0.05, 0.1) is 22.6 Å². The molecule has 0 spiro atoms. The number of hydrogen-bond donors (Lipinski definition) is 2. The molecule has 232 valence electrons. The molecule has 0 radical (unpaired) electrons. The normalized spacial score (nSPS) is 27.8. The van der Waals surface area contributed by atoms with Gasteiger partial charge < -0.3 is 19.8 Å². The Labute approximate surface area is 257 Å². The number of benzene rings is 2. The minimum absolute atomic E-state index is 0.0355. The summed E-state index contributed by atoms with van der Waals surface area (Å²) >= 11 is 0. The van der Waals surface area contributed by atoms with E-state index in [4.69, 9.17) is 16.1 Å². The number of alkyl halides is 1. The van der Waals surface area contributed by atoms with Crippen LogP contribution >= 0.6 is 0 Å². The van der Waals surface area contributed by atoms with Crippen molar-refractivity contribution in [3.63, 3.8) is 0 Å². The number of ether oxygens (including phenoxy) is 1. The average Bonchev–Trinajstić information content (AvgIpc) is 3.63. The van der Waals surface area contributed by atoms with Gasteiger partial charge in [-0.25, -0.2) is 13.2 Å². The Kier molecular flexibility index (Phi) is 6.59. The van der Waals surface area contributed by atoms with Crippen LogP contribution in [0.5, 0.6) is 11.8 Å². The van der Waals surface area contributed by atoms with E-state index >= 15 is 4.39 Å². The number of rotatable bonds is 5. The molecule has 4 fully saturated rings. The van der Waals surface area contributed by atoms with E-state index in [-0.39, 0.29) is 57.9 Å². The van der Waals surface area contributed by atoms with Gasteiger partial charge in [-0.1, -0.05) is 12.0 Å². The van der Waals surface area contributed by atoms with Gasteiger partial charge in [-0.15, -0.1) is 6.42 Å². The van der Waals surface area contributed by atoms with E-state index in [0.29, 0.717) is 49.1 Å². The summed E-state index contributed by atoms with van der Waals surface area (Å²) in [6, 6.07) is 5.38. The highest BCUT2D eigenvalue weighted by Gasteiger charge is 2.49. The number of aliphatic hydroxyl groups is 1. The fourth-order valence-electron chi connectivity index (χ4n) is 8.32. The third-order valence-corrected chi connectivity index (χ3v) is 10.3. The van der Waals surface area contributed by atoms with Crippen LogP contribution in [0.1, 0.15) is 37.7 Å². The van der Waals surface area contributed by atoms with Gasteiger partial charge in [0.1, 0.15) is 41.4 Å². The molecular weight excluding hydrogens is 583 g/mol. The summed E-state index contributed by atoms with van der Waals surface area (Å²) in [5.41, 5.74) is -0.610. The second-order valence-corrected chi connectivity index (χ2v) is 13.1. The minimum Gasteiger partial charge on any atom is -0.508 e. The molecule has 0 unspecified atom stereocenters. The summed E-state index contributed by atoms with van der Waals surface area (Å²) in [5, 5.41) is 22.1. The minimum atomic E-state index is -0.932. The molecule has 3 aliphatic heterocycles. The van der Waals surface area contributed by atoms with Crippen LogP contribution in [-0.4, -0.2) is 80.7 Å². The smallest absolute Gasteiger partial charge is 0.319 e. The number of aromatic hydroxyl groups is 1. The maximum absolute atomic E-state index is 16.8. The van der Waals surface area contributed by atoms with E-state index in [1.54, 1.807) is 0 Å². The summed E-state index contributed by atoms with van der Waals surface area (Å²) < 4.78 is 52.2. The number of aliphatic hydroxyl groups excluding tert-OH is 1. The van der Waals surface area contributed by atoms with Crippen LogP contribution in [0.2, 0.25) is 0 Å². The molecule has 5 atom stereocenters. The van der Waals surface area contributed by atoms with Crippen LogP contribution in [0.25, 0.3) is 32.9 Å². The van der Waals surface area contributed by atoms with Crippen LogP contribution in [-0.2, 0) is 0 Å². The van der Waals surface area contributed by atoms with Gasteiger partial charge in [0.25, 0.3) is 0 Å². The van der Waals surface area contributed by atoms with Crippen LogP contribution < -0.4 is 9.64 Å². The zero-order valence-electron chi connectivity index (χ0n) is 24.5. The molecule has 11 heteroatoms. The summed E-state index contributed by atoms with van der Waals surface area (Å²) in [6.45, 7) is 2.51. The van der Waals surface area contributed by atoms with Crippen molar-refractivity contribution < 1.29 is 28.1 Å². The monoisotopic (exact) mass is 615 g/mol. The largest absolute Gasteiger partial charge is 0.508 e. The van der Waals surface area contributed by atoms with Gasteiger partial charge >= 0.3 is 6.01 Å². The number of aromatic nitrogens is 3. The Morgan fingerprint density at radius 2 is 2.00 bits per heavy atom. The summed E-state index contributed by atoms with van der Waals surface area (Å²) in [5.74, 6) is 1.53. The molecule has 1 saturated carbocycles. The van der Waals surface area contributed by atoms with Crippen LogP contribution in [0, 0.1) is 35.8 Å². The van der Waals surface area contributed by atoms with Crippen molar-refractivity contribution in [2.24, 2.45) is 11.8 Å². The zero-order valence-corrected chi connectivity index (χ0v) is 24.5. The third-order valence-electron chi connectivity index (χ3n) is 10.3. The molecule has 45 heavy (non-hydrogen) atoms. The van der Waals surface area contributed by atoms with Crippen molar-refractivity contribution in [1.29, 1.82) is 0 Å². The lowest BCUT2D eigenvalue weighted by Gasteiger charge is -2.34. The third kappa shape index (κ3) is 4.57. The Hall–Kier alpha value is -4.14. The molecule has 2 aromatic heterocycles. The highest BCUT2D eigenvalue weighted by atomic mass is 19.1. The summed E-state index contributed by atoms with van der Waals surface area (Å²) in [6.07, 6.45) is 9.53. The highest BCUT2D eigenvalue weighted by molar-refractivity contribution is 6.03. The Morgan fingerprint density at radius 1 is 1.13 bits per heavy atom. The van der Waals surface area contributed by atoms with Gasteiger partial charge in [-0.3, -0.25) is 9.88 Å². The van der Waals surface area contributed by atoms with Crippen molar-refractivity contribution in [3.8, 4) is 35.4 Å². The van der Waals surface area contributed by atoms with E-state index in [9.17, 15) is 19.0 Å². The first-order valence-corrected chi connectivity index (χ1v) is 15.5. The molecule has 5 heterocycles. The molecule has 4 aromatic rings. The number of pyridine rings is 1. The molecule has 4 aliphatic rings. The standard InChI is InChI=1S/C34H32F3N5O3/c1-2-23-26(36)5-4-19-10-22(43)11-24(28(19)23)30-29(37)31-25(13-38-30)32(41-14-18-8-20(15-41)27(44)9-18)40-33(39-31)45-17-34-6-3-7-42(34)16-21(35)12-34/h1,4-5,10-11,13,18,20-21,27,43-44H,3,6-9,12,14-17H2/t18-,20-,21-,27-,34+/m1/s1. The summed E-state index contributed by atoms with van der Waals surface area (Å²) in [4.78, 5) is 17.9. The predicted octanol–water partition coefficient (Wildman–Crippen LogP) is 4.97. The number of piperidine rings is 1. The first-order valence-electron chi connectivity index (χ1n) is 15.5. The SMILES string of the molecule is C#Cc1c(F)ccc2cc(O)cc(-c3ncc4c(N5C[C@@H]6C[C@H](C5)[C@H](O)C6)nc(OC[C@@]56CCCN5C[C@H](F)C6)nc4c3F)c12. The Balaban J connectivity index is 1.27. The van der Waals surface area contributed by atoms with Crippen LogP contribution in [0.3, 0.4) is 0 Å². The lowest BCUT2D eigenvalue weighted by molar-refractivity contribution is 0.107. The van der Waals surface area contributed by atoms with Crippen molar-refractivity contribution in [3.05, 3.63) is 47.7 Å². The van der Waals surface area contributed by atoms with Crippen molar-refractivity contribution >= 4 is 27.5 Å². The summed E-state index contributed by atoms with van der Waals surface area (Å²) in [7, 11) is 0. The van der Waals surface area contributed by atoms with Crippen molar-refractivity contribution in [2.45, 2.75) is 49.9 Å². The lowest BCUT2D eigenvalue weighted by atomic mass is 9.95. The van der Waals surface area contributed by atoms with Gasteiger partial charge in [-0.2, -0.15) is 9.97 Å². The van der Waals surface area contributed by atoms with Crippen molar-refractivity contribution in [2.75, 3.05) is 37.7 Å². The van der Waals surface area contributed by atoms with E-state index in [1.165, 1.54) is 30.5 Å². The number of terminal acetylenes is 1. The van der Waals surface area contributed by atoms with Crippen LogP contribution in [0.4, 0.5) is 19.0 Å². The van der Waals surface area contributed by atoms with Crippen molar-refractivity contribution in [1.82, 2.24) is 19.9 Å². The topological polar surface area (TPSA) is 94.8 Å². The second kappa shape index (κ2) is 10.5. The van der Waals surface area contributed by atoms with E-state index in [2.05, 4.69) is 20.8 Å². The number of halogens is 3. The quantitative estimate of drug-likeness (QED) is 0.304. The van der Waals surface area contributed by atoms with E-state index < -0.39 is 29.4 Å². The Bertz CT molecular complexity index is 1900.